The van der Waals surface area contributed by atoms with E-state index in [1.807, 2.05) is 0 Å². The molecule has 0 N–H and O–H groups in total. The van der Waals surface area contributed by atoms with E-state index in [0.29, 0.717) is 12.0 Å². The minimum atomic E-state index is -4.23. The lowest BCUT2D eigenvalue weighted by molar-refractivity contribution is -0.132. The average Bonchev–Trinajstić information content (AvgIpc) is 2.24. The zero-order valence-electron chi connectivity index (χ0n) is 9.09. The summed E-state index contributed by atoms with van der Waals surface area (Å²) in [7, 11) is 1.47. The number of rotatable bonds is 4. The standard InChI is InChI=1S/C11H11ClF3NO/c1-16(6-5-11(13,14)15)10-8(7-17)3-2-4-9(10)12/h2-4,7H,5-6H2,1H3. The van der Waals surface area contributed by atoms with Gasteiger partial charge < -0.3 is 4.90 Å². The third-order valence-electron chi connectivity index (χ3n) is 2.26. The number of aldehydes is 1. The molecule has 2 nitrogen and oxygen atoms in total. The first kappa shape index (κ1) is 13.8. The molecule has 0 saturated heterocycles. The van der Waals surface area contributed by atoms with Crippen LogP contribution in [0.2, 0.25) is 5.02 Å². The number of hydrogen-bond acceptors (Lipinski definition) is 2. The highest BCUT2D eigenvalue weighted by atomic mass is 35.5. The lowest BCUT2D eigenvalue weighted by atomic mass is 10.1. The lowest BCUT2D eigenvalue weighted by Crippen LogP contribution is -2.25. The maximum absolute atomic E-state index is 12.1. The van der Waals surface area contributed by atoms with Crippen molar-refractivity contribution in [2.45, 2.75) is 12.6 Å². The Morgan fingerprint density at radius 2 is 2.06 bits per heavy atom. The van der Waals surface area contributed by atoms with Gasteiger partial charge in [-0.1, -0.05) is 17.7 Å². The van der Waals surface area contributed by atoms with E-state index in [1.54, 1.807) is 6.07 Å². The Morgan fingerprint density at radius 3 is 2.59 bits per heavy atom. The van der Waals surface area contributed by atoms with Crippen molar-refractivity contribution < 1.29 is 18.0 Å². The van der Waals surface area contributed by atoms with Gasteiger partial charge in [0.25, 0.3) is 0 Å². The summed E-state index contributed by atoms with van der Waals surface area (Å²) >= 11 is 5.87. The monoisotopic (exact) mass is 265 g/mol. The Morgan fingerprint density at radius 1 is 1.41 bits per heavy atom. The number of hydrogen-bond donors (Lipinski definition) is 0. The van der Waals surface area contributed by atoms with Crippen LogP contribution < -0.4 is 4.90 Å². The Balaban J connectivity index is 2.88. The third kappa shape index (κ3) is 3.93. The maximum Gasteiger partial charge on any atom is 0.390 e. The first-order chi connectivity index (χ1) is 7.85. The van der Waals surface area contributed by atoms with E-state index in [0.717, 1.165) is 0 Å². The molecule has 0 saturated carbocycles. The van der Waals surface area contributed by atoms with Crippen LogP contribution in [0.25, 0.3) is 0 Å². The topological polar surface area (TPSA) is 20.3 Å². The summed E-state index contributed by atoms with van der Waals surface area (Å²) in [5.41, 5.74) is 0.607. The second kappa shape index (κ2) is 5.40. The molecule has 17 heavy (non-hydrogen) atoms. The second-order valence-electron chi connectivity index (χ2n) is 3.58. The van der Waals surface area contributed by atoms with Crippen LogP contribution in [0.4, 0.5) is 18.9 Å². The first-order valence-electron chi connectivity index (χ1n) is 4.86. The zero-order chi connectivity index (χ0) is 13.1. The van der Waals surface area contributed by atoms with Gasteiger partial charge in [0.15, 0.2) is 6.29 Å². The quantitative estimate of drug-likeness (QED) is 0.776. The summed E-state index contributed by atoms with van der Waals surface area (Å²) in [4.78, 5) is 12.1. The highest BCUT2D eigenvalue weighted by Crippen LogP contribution is 2.29. The predicted molar refractivity (Wildman–Crippen MR) is 60.8 cm³/mol. The fraction of sp³-hybridized carbons (Fsp3) is 0.364. The van der Waals surface area contributed by atoms with Gasteiger partial charge in [-0.25, -0.2) is 0 Å². The molecular formula is C11H11ClF3NO. The van der Waals surface area contributed by atoms with E-state index in [4.69, 9.17) is 11.6 Å². The van der Waals surface area contributed by atoms with Crippen molar-refractivity contribution in [2.24, 2.45) is 0 Å². The molecule has 0 amide bonds. The largest absolute Gasteiger partial charge is 0.390 e. The minimum Gasteiger partial charge on any atom is -0.372 e. The Hall–Kier alpha value is -1.23. The molecule has 0 fully saturated rings. The van der Waals surface area contributed by atoms with Gasteiger partial charge in [0, 0.05) is 19.2 Å². The smallest absolute Gasteiger partial charge is 0.372 e. The highest BCUT2D eigenvalue weighted by molar-refractivity contribution is 6.33. The Labute approximate surface area is 102 Å². The van der Waals surface area contributed by atoms with E-state index < -0.39 is 12.6 Å². The molecule has 0 radical (unpaired) electrons. The summed E-state index contributed by atoms with van der Waals surface area (Å²) in [6, 6.07) is 4.62. The third-order valence-corrected chi connectivity index (χ3v) is 2.56. The SMILES string of the molecule is CN(CCC(F)(F)F)c1c(Cl)cccc1C=O. The van der Waals surface area contributed by atoms with Gasteiger partial charge in [0.05, 0.1) is 17.1 Å². The van der Waals surface area contributed by atoms with Crippen molar-refractivity contribution in [1.82, 2.24) is 0 Å². The van der Waals surface area contributed by atoms with Crippen LogP contribution in [0.5, 0.6) is 0 Å². The lowest BCUT2D eigenvalue weighted by Gasteiger charge is -2.22. The number of anilines is 1. The van der Waals surface area contributed by atoms with Crippen molar-refractivity contribution in [1.29, 1.82) is 0 Å². The van der Waals surface area contributed by atoms with E-state index in [9.17, 15) is 18.0 Å². The molecule has 0 atom stereocenters. The molecule has 0 aliphatic carbocycles. The molecular weight excluding hydrogens is 255 g/mol. The van der Waals surface area contributed by atoms with Crippen molar-refractivity contribution in [3.8, 4) is 0 Å². The molecule has 0 aromatic heterocycles. The number of halogens is 4. The van der Waals surface area contributed by atoms with Gasteiger partial charge in [-0.15, -0.1) is 0 Å². The van der Waals surface area contributed by atoms with E-state index in [1.165, 1.54) is 24.1 Å². The second-order valence-corrected chi connectivity index (χ2v) is 3.99. The van der Waals surface area contributed by atoms with Crippen molar-refractivity contribution in [3.05, 3.63) is 28.8 Å². The number of carbonyl (C=O) groups excluding carboxylic acids is 1. The Bertz CT molecular complexity index is 406. The van der Waals surface area contributed by atoms with Gasteiger partial charge in [-0.3, -0.25) is 4.79 Å². The average molecular weight is 266 g/mol. The van der Waals surface area contributed by atoms with Gasteiger partial charge >= 0.3 is 6.18 Å². The number of benzene rings is 1. The van der Waals surface area contributed by atoms with Crippen LogP contribution in [0.1, 0.15) is 16.8 Å². The summed E-state index contributed by atoms with van der Waals surface area (Å²) in [6.07, 6.45) is -4.60. The molecule has 0 heterocycles. The van der Waals surface area contributed by atoms with Crippen molar-refractivity contribution >= 4 is 23.6 Å². The number of para-hydroxylation sites is 1. The Kier molecular flexibility index (Phi) is 4.40. The van der Waals surface area contributed by atoms with Crippen molar-refractivity contribution in [2.75, 3.05) is 18.5 Å². The van der Waals surface area contributed by atoms with Crippen LogP contribution in [0.3, 0.4) is 0 Å². The van der Waals surface area contributed by atoms with Crippen LogP contribution in [-0.2, 0) is 0 Å². The molecule has 0 aliphatic rings. The molecule has 0 bridgehead atoms. The molecule has 0 aliphatic heterocycles. The highest BCUT2D eigenvalue weighted by Gasteiger charge is 2.27. The van der Waals surface area contributed by atoms with E-state index in [2.05, 4.69) is 0 Å². The van der Waals surface area contributed by atoms with Gasteiger partial charge in [-0.2, -0.15) is 13.2 Å². The van der Waals surface area contributed by atoms with Crippen LogP contribution in [-0.4, -0.2) is 26.1 Å². The molecule has 6 heteroatoms. The van der Waals surface area contributed by atoms with Gasteiger partial charge in [0.1, 0.15) is 0 Å². The number of nitrogens with zero attached hydrogens (tertiary/aromatic N) is 1. The minimum absolute atomic E-state index is 0.242. The first-order valence-corrected chi connectivity index (χ1v) is 5.24. The van der Waals surface area contributed by atoms with E-state index in [-0.39, 0.29) is 17.1 Å². The van der Waals surface area contributed by atoms with Gasteiger partial charge in [0.2, 0.25) is 0 Å². The van der Waals surface area contributed by atoms with Crippen LogP contribution >= 0.6 is 11.6 Å². The predicted octanol–water partition coefficient (Wildman–Crippen LogP) is 3.54. The zero-order valence-corrected chi connectivity index (χ0v) is 9.85. The summed E-state index contributed by atoms with van der Waals surface area (Å²) in [6.45, 7) is -0.242. The number of carbonyl (C=O) groups is 1. The molecule has 1 aromatic rings. The maximum atomic E-state index is 12.1. The van der Waals surface area contributed by atoms with E-state index >= 15 is 0 Å². The number of alkyl halides is 3. The van der Waals surface area contributed by atoms with Crippen molar-refractivity contribution in [3.63, 3.8) is 0 Å². The summed E-state index contributed by atoms with van der Waals surface area (Å²) in [5, 5.41) is 0.263. The fourth-order valence-corrected chi connectivity index (χ4v) is 1.76. The molecule has 1 aromatic carbocycles. The molecule has 0 spiro atoms. The van der Waals surface area contributed by atoms with Gasteiger partial charge in [-0.05, 0) is 12.1 Å². The summed E-state index contributed by atoms with van der Waals surface area (Å²) in [5.74, 6) is 0. The normalized spacial score (nSPS) is 11.4. The molecule has 94 valence electrons. The van der Waals surface area contributed by atoms with Crippen LogP contribution in [0, 0.1) is 0 Å². The molecule has 0 unspecified atom stereocenters. The summed E-state index contributed by atoms with van der Waals surface area (Å²) < 4.78 is 36.3. The molecule has 1 rings (SSSR count). The van der Waals surface area contributed by atoms with Crippen LogP contribution in [0.15, 0.2) is 18.2 Å². The fourth-order valence-electron chi connectivity index (χ4n) is 1.44.